The number of aromatic hydroxyl groups is 1. The van der Waals surface area contributed by atoms with Crippen LogP contribution in [0.5, 0.6) is 11.5 Å². The number of hydrogen-bond donors (Lipinski definition) is 1. The molecule has 0 radical (unpaired) electrons. The molecule has 3 aromatic rings. The van der Waals surface area contributed by atoms with Crippen LogP contribution in [0.4, 0.5) is 0 Å². The van der Waals surface area contributed by atoms with E-state index in [1.165, 1.54) is 0 Å². The first-order chi connectivity index (χ1) is 10.1. The summed E-state index contributed by atoms with van der Waals surface area (Å²) in [5, 5.41) is 10.3. The molecule has 3 rings (SSSR count). The second-order valence-electron chi connectivity index (χ2n) is 5.25. The zero-order chi connectivity index (χ0) is 15.0. The Balaban J connectivity index is 2.16. The van der Waals surface area contributed by atoms with E-state index in [1.807, 2.05) is 44.2 Å². The molecule has 1 N–H and O–H groups in total. The maximum atomic E-state index is 10.3. The second kappa shape index (κ2) is 5.13. The third-order valence-electron chi connectivity index (χ3n) is 3.46. The lowest BCUT2D eigenvalue weighted by atomic mass is 9.99. The fourth-order valence-electron chi connectivity index (χ4n) is 2.48. The average molecular weight is 283 g/mol. The van der Waals surface area contributed by atoms with Gasteiger partial charge in [-0.3, -0.25) is 0 Å². The van der Waals surface area contributed by atoms with E-state index in [2.05, 4.69) is 4.98 Å². The van der Waals surface area contributed by atoms with Crippen molar-refractivity contribution in [2.75, 3.05) is 7.11 Å². The average Bonchev–Trinajstić information content (AvgIpc) is 2.89. The lowest BCUT2D eigenvalue weighted by Crippen LogP contribution is -1.96. The molecule has 4 heteroatoms. The van der Waals surface area contributed by atoms with Gasteiger partial charge in [-0.2, -0.15) is 0 Å². The fraction of sp³-hybridized carbons (Fsp3) is 0.235. The van der Waals surface area contributed by atoms with Crippen LogP contribution in [-0.4, -0.2) is 17.2 Å². The highest BCUT2D eigenvalue weighted by Gasteiger charge is 2.17. The van der Waals surface area contributed by atoms with Gasteiger partial charge in [0.15, 0.2) is 5.58 Å². The number of hydrogen-bond acceptors (Lipinski definition) is 4. The summed E-state index contributed by atoms with van der Waals surface area (Å²) in [4.78, 5) is 4.44. The van der Waals surface area contributed by atoms with E-state index in [0.717, 1.165) is 16.7 Å². The minimum atomic E-state index is 0.164. The predicted molar refractivity (Wildman–Crippen MR) is 81.8 cm³/mol. The van der Waals surface area contributed by atoms with E-state index in [0.29, 0.717) is 17.2 Å². The van der Waals surface area contributed by atoms with Crippen LogP contribution in [0.3, 0.4) is 0 Å². The molecule has 0 unspecified atom stereocenters. The molecule has 0 amide bonds. The van der Waals surface area contributed by atoms with Gasteiger partial charge in [0.1, 0.15) is 17.0 Å². The van der Waals surface area contributed by atoms with Crippen molar-refractivity contribution in [1.82, 2.24) is 4.98 Å². The monoisotopic (exact) mass is 283 g/mol. The Labute approximate surface area is 123 Å². The number of fused-ring (bicyclic) bond motifs is 1. The summed E-state index contributed by atoms with van der Waals surface area (Å²) in [7, 11) is 1.59. The van der Waals surface area contributed by atoms with Crippen LogP contribution in [0.1, 0.15) is 25.3 Å². The van der Waals surface area contributed by atoms with Crippen molar-refractivity contribution < 1.29 is 14.3 Å². The summed E-state index contributed by atoms with van der Waals surface area (Å²) in [5.74, 6) is 1.47. The molecule has 0 aliphatic heterocycles. The van der Waals surface area contributed by atoms with Crippen molar-refractivity contribution in [2.45, 2.75) is 19.8 Å². The standard InChI is InChI=1S/C17H17NO3/c1-10(2)16-13(19)8-11(9-15(16)20-3)17-18-12-6-4-5-7-14(12)21-17/h4-10,19H,1-3H3. The van der Waals surface area contributed by atoms with Gasteiger partial charge in [-0.15, -0.1) is 0 Å². The summed E-state index contributed by atoms with van der Waals surface area (Å²) in [6, 6.07) is 11.1. The van der Waals surface area contributed by atoms with Crippen molar-refractivity contribution in [3.05, 3.63) is 42.0 Å². The van der Waals surface area contributed by atoms with Crippen LogP contribution in [0, 0.1) is 0 Å². The largest absolute Gasteiger partial charge is 0.507 e. The second-order valence-corrected chi connectivity index (χ2v) is 5.25. The molecule has 0 saturated heterocycles. The molecular weight excluding hydrogens is 266 g/mol. The molecule has 1 heterocycles. The van der Waals surface area contributed by atoms with Crippen molar-refractivity contribution in [3.8, 4) is 23.0 Å². The first-order valence-electron chi connectivity index (χ1n) is 6.87. The smallest absolute Gasteiger partial charge is 0.227 e. The maximum absolute atomic E-state index is 10.3. The highest BCUT2D eigenvalue weighted by Crippen LogP contribution is 2.39. The molecule has 0 atom stereocenters. The van der Waals surface area contributed by atoms with Crippen LogP contribution < -0.4 is 4.74 Å². The molecule has 0 saturated carbocycles. The molecule has 0 aliphatic rings. The molecule has 108 valence electrons. The first-order valence-corrected chi connectivity index (χ1v) is 6.87. The molecule has 1 aromatic heterocycles. The number of phenols is 1. The van der Waals surface area contributed by atoms with Crippen molar-refractivity contribution in [2.24, 2.45) is 0 Å². The highest BCUT2D eigenvalue weighted by atomic mass is 16.5. The zero-order valence-electron chi connectivity index (χ0n) is 12.3. The minimum absolute atomic E-state index is 0.164. The van der Waals surface area contributed by atoms with E-state index < -0.39 is 0 Å². The third kappa shape index (κ3) is 2.33. The number of phenolic OH excluding ortho intramolecular Hbond substituents is 1. The van der Waals surface area contributed by atoms with Gasteiger partial charge >= 0.3 is 0 Å². The number of aromatic nitrogens is 1. The number of ether oxygens (including phenoxy) is 1. The van der Waals surface area contributed by atoms with Gasteiger partial charge in [-0.1, -0.05) is 26.0 Å². The molecular formula is C17H17NO3. The van der Waals surface area contributed by atoms with Gasteiger partial charge in [0, 0.05) is 11.1 Å². The highest BCUT2D eigenvalue weighted by molar-refractivity contribution is 5.76. The number of para-hydroxylation sites is 2. The van der Waals surface area contributed by atoms with Gasteiger partial charge in [0.05, 0.1) is 7.11 Å². The van der Waals surface area contributed by atoms with Gasteiger partial charge in [0.25, 0.3) is 0 Å². The summed E-state index contributed by atoms with van der Waals surface area (Å²) < 4.78 is 11.1. The Hall–Kier alpha value is -2.49. The number of oxazole rings is 1. The van der Waals surface area contributed by atoms with Gasteiger partial charge in [0.2, 0.25) is 5.89 Å². The fourth-order valence-corrected chi connectivity index (χ4v) is 2.48. The summed E-state index contributed by atoms with van der Waals surface area (Å²) in [6.07, 6.45) is 0. The van der Waals surface area contributed by atoms with Crippen LogP contribution >= 0.6 is 0 Å². The van der Waals surface area contributed by atoms with Crippen molar-refractivity contribution in [3.63, 3.8) is 0 Å². The van der Waals surface area contributed by atoms with Gasteiger partial charge in [-0.05, 0) is 30.2 Å². The maximum Gasteiger partial charge on any atom is 0.227 e. The molecule has 21 heavy (non-hydrogen) atoms. The third-order valence-corrected chi connectivity index (χ3v) is 3.46. The number of rotatable bonds is 3. The van der Waals surface area contributed by atoms with E-state index in [9.17, 15) is 5.11 Å². The summed E-state index contributed by atoms with van der Waals surface area (Å²) in [6.45, 7) is 4.02. The predicted octanol–water partition coefficient (Wildman–Crippen LogP) is 4.33. The number of methoxy groups -OCH3 is 1. The number of benzene rings is 2. The molecule has 4 nitrogen and oxygen atoms in total. The molecule has 0 fully saturated rings. The SMILES string of the molecule is COc1cc(-c2nc3ccccc3o2)cc(O)c1C(C)C. The van der Waals surface area contributed by atoms with E-state index >= 15 is 0 Å². The van der Waals surface area contributed by atoms with Gasteiger partial charge < -0.3 is 14.3 Å². The van der Waals surface area contributed by atoms with Crippen LogP contribution in [0.2, 0.25) is 0 Å². The Bertz CT molecular complexity index is 757. The first kappa shape index (κ1) is 13.5. The van der Waals surface area contributed by atoms with E-state index in [4.69, 9.17) is 9.15 Å². The Morgan fingerprint density at radius 1 is 1.19 bits per heavy atom. The van der Waals surface area contributed by atoms with E-state index in [1.54, 1.807) is 13.2 Å². The van der Waals surface area contributed by atoms with E-state index in [-0.39, 0.29) is 11.7 Å². The quantitative estimate of drug-likeness (QED) is 0.777. The summed E-state index contributed by atoms with van der Waals surface area (Å²) >= 11 is 0. The molecule has 2 aromatic carbocycles. The van der Waals surface area contributed by atoms with Crippen molar-refractivity contribution >= 4 is 11.1 Å². The lowest BCUT2D eigenvalue weighted by Gasteiger charge is -2.14. The Morgan fingerprint density at radius 2 is 1.95 bits per heavy atom. The normalized spacial score (nSPS) is 11.2. The molecule has 0 spiro atoms. The zero-order valence-corrected chi connectivity index (χ0v) is 12.3. The molecule has 0 aliphatic carbocycles. The van der Waals surface area contributed by atoms with Crippen molar-refractivity contribution in [1.29, 1.82) is 0 Å². The number of nitrogens with zero attached hydrogens (tertiary/aromatic N) is 1. The minimum Gasteiger partial charge on any atom is -0.507 e. The Kier molecular flexibility index (Phi) is 3.29. The topological polar surface area (TPSA) is 55.5 Å². The van der Waals surface area contributed by atoms with Crippen LogP contribution in [0.15, 0.2) is 40.8 Å². The lowest BCUT2D eigenvalue weighted by molar-refractivity contribution is 0.396. The van der Waals surface area contributed by atoms with Crippen LogP contribution in [0.25, 0.3) is 22.6 Å². The molecule has 0 bridgehead atoms. The summed E-state index contributed by atoms with van der Waals surface area (Å²) in [5.41, 5.74) is 3.00. The Morgan fingerprint density at radius 3 is 2.62 bits per heavy atom. The van der Waals surface area contributed by atoms with Crippen LogP contribution in [-0.2, 0) is 0 Å². The van der Waals surface area contributed by atoms with Gasteiger partial charge in [-0.25, -0.2) is 4.98 Å².